The molecule has 0 aliphatic carbocycles. The van der Waals surface area contributed by atoms with Crippen LogP contribution in [0.4, 0.5) is 15.8 Å². The second kappa shape index (κ2) is 5.72. The summed E-state index contributed by atoms with van der Waals surface area (Å²) in [5.41, 5.74) is 5.98. The van der Waals surface area contributed by atoms with Crippen LogP contribution in [0.5, 0.6) is 0 Å². The molecule has 0 saturated carbocycles. The molecule has 0 aromatic heterocycles. The molecule has 106 valence electrons. The molecule has 4 nitrogen and oxygen atoms in total. The van der Waals surface area contributed by atoms with Crippen LogP contribution in [0.2, 0.25) is 0 Å². The molecular weight excluding hydrogens is 299 g/mol. The van der Waals surface area contributed by atoms with E-state index in [2.05, 4.69) is 4.72 Å². The second-order valence-corrected chi connectivity index (χ2v) is 6.55. The highest BCUT2D eigenvalue weighted by molar-refractivity contribution is 7.98. The first-order chi connectivity index (χ1) is 9.42. The third-order valence-corrected chi connectivity index (χ3v) is 4.79. The molecule has 2 aromatic rings. The van der Waals surface area contributed by atoms with E-state index >= 15 is 0 Å². The van der Waals surface area contributed by atoms with Crippen LogP contribution in [0.1, 0.15) is 0 Å². The second-order valence-electron chi connectivity index (χ2n) is 4.02. The van der Waals surface area contributed by atoms with E-state index in [-0.39, 0.29) is 10.6 Å². The molecule has 0 fully saturated rings. The molecule has 0 spiro atoms. The van der Waals surface area contributed by atoms with E-state index in [1.165, 1.54) is 6.07 Å². The number of sulfonamides is 1. The lowest BCUT2D eigenvalue weighted by Crippen LogP contribution is -2.15. The normalized spacial score (nSPS) is 11.3. The molecule has 7 heteroatoms. The molecule has 0 heterocycles. The Balaban J connectivity index is 2.32. The molecule has 3 N–H and O–H groups in total. The van der Waals surface area contributed by atoms with Crippen LogP contribution in [0, 0.1) is 5.82 Å². The largest absolute Gasteiger partial charge is 0.398 e. The lowest BCUT2D eigenvalue weighted by atomic mass is 10.3. The van der Waals surface area contributed by atoms with Crippen LogP contribution in [0.15, 0.2) is 52.3 Å². The van der Waals surface area contributed by atoms with Crippen molar-refractivity contribution in [2.75, 3.05) is 16.7 Å². The van der Waals surface area contributed by atoms with Gasteiger partial charge in [0.05, 0.1) is 5.69 Å². The Bertz CT molecular complexity index is 716. The fourth-order valence-electron chi connectivity index (χ4n) is 1.61. The van der Waals surface area contributed by atoms with Crippen molar-refractivity contribution in [3.8, 4) is 0 Å². The number of rotatable bonds is 4. The molecule has 0 atom stereocenters. The highest BCUT2D eigenvalue weighted by Crippen LogP contribution is 2.24. The van der Waals surface area contributed by atoms with Gasteiger partial charge in [0, 0.05) is 10.6 Å². The van der Waals surface area contributed by atoms with Crippen molar-refractivity contribution in [3.63, 3.8) is 0 Å². The Morgan fingerprint density at radius 1 is 1.15 bits per heavy atom. The summed E-state index contributed by atoms with van der Waals surface area (Å²) in [5, 5.41) is 0. The van der Waals surface area contributed by atoms with Crippen molar-refractivity contribution in [1.29, 1.82) is 0 Å². The lowest BCUT2D eigenvalue weighted by Gasteiger charge is -2.10. The van der Waals surface area contributed by atoms with Crippen molar-refractivity contribution in [1.82, 2.24) is 0 Å². The van der Waals surface area contributed by atoms with E-state index in [0.29, 0.717) is 5.69 Å². The van der Waals surface area contributed by atoms with Crippen molar-refractivity contribution in [3.05, 3.63) is 48.3 Å². The molecule has 2 rings (SSSR count). The molecule has 2 aromatic carbocycles. The number of thioether (sulfide) groups is 1. The third kappa shape index (κ3) is 3.23. The summed E-state index contributed by atoms with van der Waals surface area (Å²) in [6, 6.07) is 10.1. The number of hydrogen-bond donors (Lipinski definition) is 2. The first kappa shape index (κ1) is 14.7. The van der Waals surface area contributed by atoms with E-state index < -0.39 is 15.8 Å². The van der Waals surface area contributed by atoms with Crippen LogP contribution in [-0.2, 0) is 10.0 Å². The average Bonchev–Trinajstić information content (AvgIpc) is 2.42. The van der Waals surface area contributed by atoms with E-state index in [9.17, 15) is 12.8 Å². The van der Waals surface area contributed by atoms with Crippen LogP contribution in [0.3, 0.4) is 0 Å². The molecule has 0 amide bonds. The molecule has 0 saturated heterocycles. The first-order valence-electron chi connectivity index (χ1n) is 5.64. The van der Waals surface area contributed by atoms with Crippen molar-refractivity contribution in [2.24, 2.45) is 0 Å². The predicted molar refractivity (Wildman–Crippen MR) is 79.8 cm³/mol. The lowest BCUT2D eigenvalue weighted by molar-refractivity contribution is 0.596. The maximum atomic E-state index is 13.2. The highest BCUT2D eigenvalue weighted by Gasteiger charge is 2.18. The Hall–Kier alpha value is -1.73. The summed E-state index contributed by atoms with van der Waals surface area (Å²) < 4.78 is 39.9. The number of halogens is 1. The Morgan fingerprint density at radius 3 is 2.40 bits per heavy atom. The Kier molecular flexibility index (Phi) is 4.20. The average molecular weight is 312 g/mol. The van der Waals surface area contributed by atoms with Gasteiger partial charge >= 0.3 is 0 Å². The number of nitrogens with two attached hydrogens (primary N) is 1. The fraction of sp³-hybridized carbons (Fsp3) is 0.0769. The van der Waals surface area contributed by atoms with Gasteiger partial charge in [-0.25, -0.2) is 12.8 Å². The van der Waals surface area contributed by atoms with Gasteiger partial charge in [-0.15, -0.1) is 11.8 Å². The van der Waals surface area contributed by atoms with Gasteiger partial charge in [-0.05, 0) is 48.7 Å². The Morgan fingerprint density at radius 2 is 1.80 bits per heavy atom. The van der Waals surface area contributed by atoms with Gasteiger partial charge in [0.2, 0.25) is 0 Å². The maximum Gasteiger partial charge on any atom is 0.264 e. The van der Waals surface area contributed by atoms with Gasteiger partial charge in [-0.1, -0.05) is 0 Å². The molecule has 20 heavy (non-hydrogen) atoms. The van der Waals surface area contributed by atoms with Crippen LogP contribution >= 0.6 is 11.8 Å². The minimum atomic E-state index is -3.91. The zero-order chi connectivity index (χ0) is 14.8. The van der Waals surface area contributed by atoms with Gasteiger partial charge in [0.15, 0.2) is 0 Å². The fourth-order valence-corrected chi connectivity index (χ4v) is 3.22. The number of anilines is 2. The van der Waals surface area contributed by atoms with E-state index in [4.69, 9.17) is 5.73 Å². The summed E-state index contributed by atoms with van der Waals surface area (Å²) >= 11 is 1.55. The molecular formula is C13H13FN2O2S2. The Labute approximate surface area is 121 Å². The van der Waals surface area contributed by atoms with Crippen LogP contribution < -0.4 is 10.5 Å². The highest BCUT2D eigenvalue weighted by atomic mass is 32.2. The first-order valence-corrected chi connectivity index (χ1v) is 8.35. The van der Waals surface area contributed by atoms with E-state index in [0.717, 1.165) is 17.0 Å². The predicted octanol–water partition coefficient (Wildman–Crippen LogP) is 2.93. The van der Waals surface area contributed by atoms with Crippen LogP contribution in [-0.4, -0.2) is 14.7 Å². The molecule has 0 aliphatic rings. The summed E-state index contributed by atoms with van der Waals surface area (Å²) in [7, 11) is -3.91. The summed E-state index contributed by atoms with van der Waals surface area (Å²) in [4.78, 5) is 0.740. The minimum Gasteiger partial charge on any atom is -0.398 e. The van der Waals surface area contributed by atoms with E-state index in [1.807, 2.05) is 6.26 Å². The summed E-state index contributed by atoms with van der Waals surface area (Å²) in [6.07, 6.45) is 1.92. The van der Waals surface area contributed by atoms with E-state index in [1.54, 1.807) is 36.0 Å². The number of hydrogen-bond acceptors (Lipinski definition) is 4. The van der Waals surface area contributed by atoms with Crippen molar-refractivity contribution >= 4 is 33.2 Å². The topological polar surface area (TPSA) is 72.2 Å². The SMILES string of the molecule is CSc1ccc(NS(=O)(=O)c2cc(F)ccc2N)cc1. The van der Waals surface area contributed by atoms with Gasteiger partial charge in [0.1, 0.15) is 10.7 Å². The molecule has 0 radical (unpaired) electrons. The quantitative estimate of drug-likeness (QED) is 0.672. The standard InChI is InChI=1S/C13H13FN2O2S2/c1-19-11-5-3-10(4-6-11)16-20(17,18)13-8-9(14)2-7-12(13)15/h2-8,16H,15H2,1H3. The molecule has 0 unspecified atom stereocenters. The number of nitrogen functional groups attached to an aromatic ring is 1. The molecule has 0 bridgehead atoms. The third-order valence-electron chi connectivity index (χ3n) is 2.61. The van der Waals surface area contributed by atoms with Crippen molar-refractivity contribution < 1.29 is 12.8 Å². The van der Waals surface area contributed by atoms with Crippen molar-refractivity contribution in [2.45, 2.75) is 9.79 Å². The van der Waals surface area contributed by atoms with Gasteiger partial charge in [0.25, 0.3) is 10.0 Å². The smallest absolute Gasteiger partial charge is 0.264 e. The maximum absolute atomic E-state index is 13.2. The molecule has 0 aliphatic heterocycles. The zero-order valence-electron chi connectivity index (χ0n) is 10.6. The zero-order valence-corrected chi connectivity index (χ0v) is 12.3. The number of benzene rings is 2. The number of nitrogens with one attached hydrogen (secondary N) is 1. The van der Waals surface area contributed by atoms with Gasteiger partial charge in [-0.2, -0.15) is 0 Å². The summed E-state index contributed by atoms with van der Waals surface area (Å²) in [6.45, 7) is 0. The monoisotopic (exact) mass is 312 g/mol. The van der Waals surface area contributed by atoms with Gasteiger partial charge in [-0.3, -0.25) is 4.72 Å². The van der Waals surface area contributed by atoms with Crippen LogP contribution in [0.25, 0.3) is 0 Å². The van der Waals surface area contributed by atoms with Gasteiger partial charge < -0.3 is 5.73 Å². The minimum absolute atomic E-state index is 0.000339. The summed E-state index contributed by atoms with van der Waals surface area (Å²) in [5.74, 6) is -0.655.